The van der Waals surface area contributed by atoms with Crippen LogP contribution in [0.15, 0.2) is 53.4 Å². The number of anilines is 1. The lowest BCUT2D eigenvalue weighted by molar-refractivity contribution is 0.0954. The Labute approximate surface area is 159 Å². The SMILES string of the molecule is CCCNC(=O)c1ccccc1NS(=O)(=O)c1ccc(OCCOC)cc1. The molecule has 0 radical (unpaired) electrons. The molecule has 27 heavy (non-hydrogen) atoms. The van der Waals surface area contributed by atoms with E-state index in [4.69, 9.17) is 9.47 Å². The monoisotopic (exact) mass is 392 g/mol. The molecule has 0 bridgehead atoms. The van der Waals surface area contributed by atoms with Crippen molar-refractivity contribution in [1.82, 2.24) is 5.32 Å². The molecule has 0 aromatic heterocycles. The van der Waals surface area contributed by atoms with E-state index in [-0.39, 0.29) is 22.1 Å². The molecule has 0 aliphatic carbocycles. The lowest BCUT2D eigenvalue weighted by Gasteiger charge is -2.13. The molecule has 2 aromatic rings. The van der Waals surface area contributed by atoms with Crippen molar-refractivity contribution in [2.75, 3.05) is 31.6 Å². The molecule has 0 fully saturated rings. The van der Waals surface area contributed by atoms with E-state index < -0.39 is 10.0 Å². The second-order valence-corrected chi connectivity index (χ2v) is 7.40. The van der Waals surface area contributed by atoms with Crippen LogP contribution in [-0.4, -0.2) is 41.2 Å². The van der Waals surface area contributed by atoms with Crippen LogP contribution in [0, 0.1) is 0 Å². The topological polar surface area (TPSA) is 93.7 Å². The quantitative estimate of drug-likeness (QED) is 0.606. The van der Waals surface area contributed by atoms with E-state index in [0.29, 0.717) is 25.5 Å². The molecule has 7 nitrogen and oxygen atoms in total. The van der Waals surface area contributed by atoms with Crippen molar-refractivity contribution in [3.05, 3.63) is 54.1 Å². The van der Waals surface area contributed by atoms with E-state index in [1.54, 1.807) is 43.5 Å². The van der Waals surface area contributed by atoms with Crippen LogP contribution in [-0.2, 0) is 14.8 Å². The summed E-state index contributed by atoms with van der Waals surface area (Å²) in [7, 11) is -2.27. The number of nitrogens with one attached hydrogen (secondary N) is 2. The van der Waals surface area contributed by atoms with E-state index >= 15 is 0 Å². The third-order valence-electron chi connectivity index (χ3n) is 3.64. The summed E-state index contributed by atoms with van der Waals surface area (Å²) < 4.78 is 38.1. The number of sulfonamides is 1. The van der Waals surface area contributed by atoms with Crippen LogP contribution in [0.4, 0.5) is 5.69 Å². The fraction of sp³-hybridized carbons (Fsp3) is 0.316. The zero-order chi connectivity index (χ0) is 19.7. The molecule has 1 amide bonds. The summed E-state index contributed by atoms with van der Waals surface area (Å²) in [5.74, 6) is 0.224. The first-order valence-corrected chi connectivity index (χ1v) is 10.1. The lowest BCUT2D eigenvalue weighted by Crippen LogP contribution is -2.25. The molecular formula is C19H24N2O5S. The van der Waals surface area contributed by atoms with E-state index in [1.165, 1.54) is 12.1 Å². The number of hydrogen-bond donors (Lipinski definition) is 2. The molecule has 0 spiro atoms. The predicted molar refractivity (Wildman–Crippen MR) is 104 cm³/mol. The molecule has 8 heteroatoms. The Bertz CT molecular complexity index is 851. The van der Waals surface area contributed by atoms with Gasteiger partial charge >= 0.3 is 0 Å². The standard InChI is InChI=1S/C19H24N2O5S/c1-3-12-20-19(22)17-6-4-5-7-18(17)21-27(23,24)16-10-8-15(9-11-16)26-14-13-25-2/h4-11,21H,3,12-14H2,1-2H3,(H,20,22). The zero-order valence-electron chi connectivity index (χ0n) is 15.4. The highest BCUT2D eigenvalue weighted by Crippen LogP contribution is 2.22. The smallest absolute Gasteiger partial charge is 0.261 e. The van der Waals surface area contributed by atoms with Gasteiger partial charge in [0, 0.05) is 13.7 Å². The number of benzene rings is 2. The maximum absolute atomic E-state index is 12.7. The van der Waals surface area contributed by atoms with Gasteiger partial charge in [-0.1, -0.05) is 19.1 Å². The fourth-order valence-electron chi connectivity index (χ4n) is 2.27. The van der Waals surface area contributed by atoms with Crippen molar-refractivity contribution in [1.29, 1.82) is 0 Å². The van der Waals surface area contributed by atoms with Gasteiger partial charge in [0.2, 0.25) is 0 Å². The molecule has 0 aliphatic heterocycles. The first-order valence-electron chi connectivity index (χ1n) is 8.59. The molecule has 146 valence electrons. The molecule has 0 saturated carbocycles. The minimum absolute atomic E-state index is 0.0744. The molecule has 0 atom stereocenters. The number of carbonyl (C=O) groups excluding carboxylic acids is 1. The Hall–Kier alpha value is -2.58. The van der Waals surface area contributed by atoms with Gasteiger partial charge in [-0.25, -0.2) is 8.42 Å². The summed E-state index contributed by atoms with van der Waals surface area (Å²) >= 11 is 0. The second-order valence-electron chi connectivity index (χ2n) is 5.72. The van der Waals surface area contributed by atoms with Crippen LogP contribution in [0.25, 0.3) is 0 Å². The highest BCUT2D eigenvalue weighted by molar-refractivity contribution is 7.92. The van der Waals surface area contributed by atoms with Crippen LogP contribution in [0.1, 0.15) is 23.7 Å². The Balaban J connectivity index is 2.15. The summed E-state index contributed by atoms with van der Waals surface area (Å²) in [6.45, 7) is 3.28. The minimum atomic E-state index is -3.84. The molecule has 2 aromatic carbocycles. The largest absolute Gasteiger partial charge is 0.491 e. The Morgan fingerprint density at radius 2 is 1.74 bits per heavy atom. The predicted octanol–water partition coefficient (Wildman–Crippen LogP) is 2.65. The van der Waals surface area contributed by atoms with E-state index in [9.17, 15) is 13.2 Å². The maximum Gasteiger partial charge on any atom is 0.261 e. The summed E-state index contributed by atoms with van der Waals surface area (Å²) in [5.41, 5.74) is 0.501. The van der Waals surface area contributed by atoms with Crippen LogP contribution < -0.4 is 14.8 Å². The Morgan fingerprint density at radius 1 is 1.04 bits per heavy atom. The number of carbonyl (C=O) groups is 1. The van der Waals surface area contributed by atoms with Crippen LogP contribution in [0.3, 0.4) is 0 Å². The fourth-order valence-corrected chi connectivity index (χ4v) is 3.35. The van der Waals surface area contributed by atoms with Gasteiger partial charge in [0.1, 0.15) is 12.4 Å². The average Bonchev–Trinajstić information content (AvgIpc) is 2.67. The molecule has 0 heterocycles. The van der Waals surface area contributed by atoms with Crippen molar-refractivity contribution in [3.8, 4) is 5.75 Å². The molecule has 0 aliphatic rings. The highest BCUT2D eigenvalue weighted by atomic mass is 32.2. The summed E-state index contributed by atoms with van der Waals surface area (Å²) in [5, 5.41) is 2.75. The molecule has 2 rings (SSSR count). The van der Waals surface area contributed by atoms with Crippen molar-refractivity contribution in [2.24, 2.45) is 0 Å². The van der Waals surface area contributed by atoms with Gasteiger partial charge in [0.25, 0.3) is 15.9 Å². The molecular weight excluding hydrogens is 368 g/mol. The summed E-state index contributed by atoms with van der Waals surface area (Å²) in [6, 6.07) is 12.5. The maximum atomic E-state index is 12.7. The third kappa shape index (κ3) is 5.97. The van der Waals surface area contributed by atoms with Crippen LogP contribution in [0.2, 0.25) is 0 Å². The minimum Gasteiger partial charge on any atom is -0.491 e. The van der Waals surface area contributed by atoms with E-state index in [0.717, 1.165) is 6.42 Å². The number of rotatable bonds is 10. The van der Waals surface area contributed by atoms with Crippen molar-refractivity contribution in [3.63, 3.8) is 0 Å². The lowest BCUT2D eigenvalue weighted by atomic mass is 10.1. The zero-order valence-corrected chi connectivity index (χ0v) is 16.2. The number of hydrogen-bond acceptors (Lipinski definition) is 5. The van der Waals surface area contributed by atoms with Gasteiger partial charge in [-0.3, -0.25) is 9.52 Å². The van der Waals surface area contributed by atoms with Gasteiger partial charge in [-0.2, -0.15) is 0 Å². The van der Waals surface area contributed by atoms with E-state index in [1.807, 2.05) is 6.92 Å². The second kappa shape index (κ2) is 9.94. The van der Waals surface area contributed by atoms with Gasteiger partial charge in [0.05, 0.1) is 22.8 Å². The van der Waals surface area contributed by atoms with Gasteiger partial charge in [0.15, 0.2) is 0 Å². The number of para-hydroxylation sites is 1. The van der Waals surface area contributed by atoms with E-state index in [2.05, 4.69) is 10.0 Å². The van der Waals surface area contributed by atoms with Crippen molar-refractivity contribution < 1.29 is 22.7 Å². The van der Waals surface area contributed by atoms with Crippen molar-refractivity contribution >= 4 is 21.6 Å². The normalized spacial score (nSPS) is 11.0. The first kappa shape index (κ1) is 20.7. The summed E-state index contributed by atoms with van der Waals surface area (Å²) in [4.78, 5) is 12.3. The first-order chi connectivity index (χ1) is 13.0. The van der Waals surface area contributed by atoms with Gasteiger partial charge in [-0.15, -0.1) is 0 Å². The number of ether oxygens (including phenoxy) is 2. The third-order valence-corrected chi connectivity index (χ3v) is 5.02. The molecule has 0 unspecified atom stereocenters. The Morgan fingerprint density at radius 3 is 2.41 bits per heavy atom. The number of methoxy groups -OCH3 is 1. The van der Waals surface area contributed by atoms with Gasteiger partial charge in [-0.05, 0) is 42.8 Å². The molecule has 0 saturated heterocycles. The van der Waals surface area contributed by atoms with Gasteiger partial charge < -0.3 is 14.8 Å². The number of amides is 1. The summed E-state index contributed by atoms with van der Waals surface area (Å²) in [6.07, 6.45) is 0.790. The van der Waals surface area contributed by atoms with Crippen LogP contribution in [0.5, 0.6) is 5.75 Å². The highest BCUT2D eigenvalue weighted by Gasteiger charge is 2.18. The van der Waals surface area contributed by atoms with Crippen LogP contribution >= 0.6 is 0 Å². The Kier molecular flexibility index (Phi) is 7.63. The van der Waals surface area contributed by atoms with Crippen molar-refractivity contribution in [2.45, 2.75) is 18.2 Å². The molecule has 2 N–H and O–H groups in total. The average molecular weight is 392 g/mol.